The molecule has 0 bridgehead atoms. The van der Waals surface area contributed by atoms with Gasteiger partial charge in [-0.25, -0.2) is 4.98 Å². The fraction of sp³-hybridized carbons (Fsp3) is 0.583. The van der Waals surface area contributed by atoms with Crippen molar-refractivity contribution in [1.29, 1.82) is 0 Å². The van der Waals surface area contributed by atoms with Crippen molar-refractivity contribution in [2.24, 2.45) is 0 Å². The fourth-order valence-electron chi connectivity index (χ4n) is 1.27. The van der Waals surface area contributed by atoms with E-state index in [1.54, 1.807) is 18.3 Å². The first-order valence-electron chi connectivity index (χ1n) is 6.04. The van der Waals surface area contributed by atoms with Crippen LogP contribution in [0.25, 0.3) is 0 Å². The van der Waals surface area contributed by atoms with E-state index in [1.807, 2.05) is 27.7 Å². The Morgan fingerprint density at radius 1 is 1.24 bits per heavy atom. The Balaban J connectivity index is 0.000000581. The van der Waals surface area contributed by atoms with Gasteiger partial charge in [0.15, 0.2) is 0 Å². The first kappa shape index (κ1) is 16.2. The Labute approximate surface area is 105 Å². The van der Waals surface area contributed by atoms with E-state index < -0.39 is 10.6 Å². The Kier molecular flexibility index (Phi) is 7.95. The molecule has 0 saturated heterocycles. The van der Waals surface area contributed by atoms with Crippen LogP contribution in [0.5, 0.6) is 5.88 Å². The first-order valence-corrected chi connectivity index (χ1v) is 7.75. The van der Waals surface area contributed by atoms with Gasteiger partial charge in [-0.2, -0.15) is 10.6 Å². The van der Waals surface area contributed by atoms with Gasteiger partial charge in [0.05, 0.1) is 6.61 Å². The van der Waals surface area contributed by atoms with Crippen LogP contribution in [-0.2, 0) is 0 Å². The van der Waals surface area contributed by atoms with Crippen molar-refractivity contribution in [2.75, 3.05) is 12.4 Å². The maximum absolute atomic E-state index is 9.73. The molecule has 0 atom stereocenters. The van der Waals surface area contributed by atoms with Crippen LogP contribution in [0.2, 0.25) is 0 Å². The summed E-state index contributed by atoms with van der Waals surface area (Å²) in [4.78, 5) is 4.39. The summed E-state index contributed by atoms with van der Waals surface area (Å²) in [6.45, 7) is 8.50. The van der Waals surface area contributed by atoms with Gasteiger partial charge in [-0.05, 0) is 18.6 Å². The number of fused-ring (bicyclic) bond motifs is 1. The van der Waals surface area contributed by atoms with Crippen molar-refractivity contribution >= 4 is 10.6 Å². The number of hydrogen-bond acceptors (Lipinski definition) is 4. The highest BCUT2D eigenvalue weighted by Gasteiger charge is 2.23. The van der Waals surface area contributed by atoms with Crippen molar-refractivity contribution in [1.82, 2.24) is 4.98 Å². The van der Waals surface area contributed by atoms with Crippen LogP contribution in [0.15, 0.2) is 23.2 Å². The normalized spacial score (nSPS) is 17.8. The number of hydrogen-bond donors (Lipinski definition) is 2. The van der Waals surface area contributed by atoms with E-state index in [9.17, 15) is 9.11 Å². The number of pyridine rings is 1. The summed E-state index contributed by atoms with van der Waals surface area (Å²) in [7, 11) is -2.67. The maximum atomic E-state index is 9.73. The van der Waals surface area contributed by atoms with Gasteiger partial charge in [0.25, 0.3) is 0 Å². The Morgan fingerprint density at radius 2 is 1.88 bits per heavy atom. The minimum absolute atomic E-state index is 0.361. The molecule has 0 saturated carbocycles. The molecule has 0 amide bonds. The number of rotatable bonds is 0. The molecule has 4 nitrogen and oxygen atoms in total. The lowest BCUT2D eigenvalue weighted by molar-refractivity contribution is 0.302. The molecule has 1 aliphatic heterocycles. The fourth-order valence-corrected chi connectivity index (χ4v) is 2.70. The molecule has 0 fully saturated rings. The summed E-state index contributed by atoms with van der Waals surface area (Å²) >= 11 is 0. The molecule has 17 heavy (non-hydrogen) atoms. The zero-order chi connectivity index (χ0) is 13.3. The molecule has 0 spiro atoms. The third-order valence-electron chi connectivity index (χ3n) is 1.90. The molecule has 0 radical (unpaired) electrons. The van der Waals surface area contributed by atoms with Crippen LogP contribution in [0.4, 0.5) is 0 Å². The predicted octanol–water partition coefficient (Wildman–Crippen LogP) is 4.03. The lowest BCUT2D eigenvalue weighted by atomic mass is 10.5. The maximum Gasteiger partial charge on any atom is 0.237 e. The second-order valence-electron chi connectivity index (χ2n) is 2.88. The van der Waals surface area contributed by atoms with Crippen LogP contribution in [-0.4, -0.2) is 26.4 Å². The molecule has 0 aromatic carbocycles. The molecule has 1 aromatic heterocycles. The zero-order valence-corrected chi connectivity index (χ0v) is 11.8. The molecular weight excluding hydrogens is 238 g/mol. The molecule has 2 N–H and O–H groups in total. The number of nitrogens with zero attached hydrogens (tertiary/aromatic N) is 1. The zero-order valence-electron chi connectivity index (χ0n) is 11.0. The third-order valence-corrected chi connectivity index (χ3v) is 3.77. The van der Waals surface area contributed by atoms with Gasteiger partial charge in [-0.15, -0.1) is 0 Å². The summed E-state index contributed by atoms with van der Waals surface area (Å²) in [6.07, 6.45) is 2.23. The number of aromatic nitrogens is 1. The van der Waals surface area contributed by atoms with E-state index in [2.05, 4.69) is 4.98 Å². The lowest BCUT2D eigenvalue weighted by Crippen LogP contribution is -2.02. The average Bonchev–Trinajstić information content (AvgIpc) is 2.54. The van der Waals surface area contributed by atoms with Crippen molar-refractivity contribution in [3.63, 3.8) is 0 Å². The minimum atomic E-state index is -2.67. The van der Waals surface area contributed by atoms with Crippen molar-refractivity contribution < 1.29 is 13.8 Å². The first-order chi connectivity index (χ1) is 8.20. The summed E-state index contributed by atoms with van der Waals surface area (Å²) in [5.41, 5.74) is 0. The monoisotopic (exact) mass is 261 g/mol. The van der Waals surface area contributed by atoms with Crippen LogP contribution >= 0.6 is 10.6 Å². The van der Waals surface area contributed by atoms with Crippen molar-refractivity contribution in [3.05, 3.63) is 18.3 Å². The molecular formula is C12H23NO3S. The van der Waals surface area contributed by atoms with E-state index in [0.29, 0.717) is 29.6 Å². The van der Waals surface area contributed by atoms with Gasteiger partial charge in [0.2, 0.25) is 5.88 Å². The van der Waals surface area contributed by atoms with E-state index in [4.69, 9.17) is 4.74 Å². The predicted molar refractivity (Wildman–Crippen MR) is 73.0 cm³/mol. The Morgan fingerprint density at radius 3 is 2.53 bits per heavy atom. The van der Waals surface area contributed by atoms with Crippen LogP contribution in [0.3, 0.4) is 0 Å². The quantitative estimate of drug-likeness (QED) is 0.740. The Bertz CT molecular complexity index is 318. The highest BCUT2D eigenvalue weighted by atomic mass is 32.3. The van der Waals surface area contributed by atoms with Gasteiger partial charge >= 0.3 is 0 Å². The standard InChI is InChI=1S/C8H11NO3S.2C2H6/c10-13(11)6-2-5-12-8-7(13)3-1-4-9-8;2*1-2/h1,3-4,10-11H,2,5-6H2;2*1-2H3. The SMILES string of the molecule is CC.CC.OS1(O)CCCOc2ncccc21. The van der Waals surface area contributed by atoms with E-state index >= 15 is 0 Å². The van der Waals surface area contributed by atoms with E-state index in [1.165, 1.54) is 0 Å². The highest BCUT2D eigenvalue weighted by molar-refractivity contribution is 8.24. The molecule has 2 heterocycles. The summed E-state index contributed by atoms with van der Waals surface area (Å²) < 4.78 is 24.7. The molecule has 100 valence electrons. The molecule has 1 aromatic rings. The second kappa shape index (κ2) is 8.33. The highest BCUT2D eigenvalue weighted by Crippen LogP contribution is 2.53. The molecule has 0 unspecified atom stereocenters. The van der Waals surface area contributed by atoms with Gasteiger partial charge in [-0.3, -0.25) is 9.11 Å². The summed E-state index contributed by atoms with van der Waals surface area (Å²) in [5, 5.41) is 0. The molecule has 1 aliphatic rings. The molecule has 2 rings (SSSR count). The van der Waals surface area contributed by atoms with Gasteiger partial charge in [0, 0.05) is 11.9 Å². The minimum Gasteiger partial charge on any atom is -0.476 e. The van der Waals surface area contributed by atoms with Crippen LogP contribution < -0.4 is 4.74 Å². The molecule has 0 aliphatic carbocycles. The Hall–Kier alpha value is -0.780. The largest absolute Gasteiger partial charge is 0.476 e. The molecule has 5 heteroatoms. The van der Waals surface area contributed by atoms with Crippen LogP contribution in [0, 0.1) is 0 Å². The van der Waals surface area contributed by atoms with E-state index in [0.717, 1.165) is 0 Å². The topological polar surface area (TPSA) is 62.6 Å². The van der Waals surface area contributed by atoms with Gasteiger partial charge in [-0.1, -0.05) is 27.7 Å². The van der Waals surface area contributed by atoms with Crippen molar-refractivity contribution in [2.45, 2.75) is 39.0 Å². The van der Waals surface area contributed by atoms with Crippen LogP contribution in [0.1, 0.15) is 34.1 Å². The average molecular weight is 261 g/mol. The summed E-state index contributed by atoms with van der Waals surface area (Å²) in [6, 6.07) is 3.34. The van der Waals surface area contributed by atoms with Crippen molar-refractivity contribution in [3.8, 4) is 5.88 Å². The van der Waals surface area contributed by atoms with Gasteiger partial charge in [0.1, 0.15) is 4.90 Å². The third kappa shape index (κ3) is 4.53. The van der Waals surface area contributed by atoms with E-state index in [-0.39, 0.29) is 0 Å². The summed E-state index contributed by atoms with van der Waals surface area (Å²) in [5.74, 6) is 0.728. The second-order valence-corrected chi connectivity index (χ2v) is 5.06. The lowest BCUT2D eigenvalue weighted by Gasteiger charge is -2.30. The number of ether oxygens (including phenoxy) is 1. The van der Waals surface area contributed by atoms with Gasteiger partial charge < -0.3 is 4.74 Å². The smallest absolute Gasteiger partial charge is 0.237 e.